The van der Waals surface area contributed by atoms with Gasteiger partial charge in [-0.15, -0.1) is 0 Å². The predicted molar refractivity (Wildman–Crippen MR) is 129 cm³/mol. The first-order valence-electron chi connectivity index (χ1n) is 10.4. The molecule has 2 aromatic carbocycles. The summed E-state index contributed by atoms with van der Waals surface area (Å²) in [5, 5.41) is 0.551. The van der Waals surface area contributed by atoms with Crippen molar-refractivity contribution in [2.75, 3.05) is 7.11 Å². The molecule has 0 atom stereocenters. The fraction of sp³-hybridized carbons (Fsp3) is 0.167. The third kappa shape index (κ3) is 3.24. The van der Waals surface area contributed by atoms with E-state index < -0.39 is 23.8 Å². The number of aromatic nitrogens is 5. The van der Waals surface area contributed by atoms with E-state index in [2.05, 4.69) is 9.72 Å². The molecule has 10 heteroatoms. The highest BCUT2D eigenvalue weighted by molar-refractivity contribution is 6.30. The topological polar surface area (TPSA) is 92.5 Å². The van der Waals surface area contributed by atoms with Crippen LogP contribution in [0.5, 0.6) is 0 Å². The van der Waals surface area contributed by atoms with Gasteiger partial charge in [0, 0.05) is 23.8 Å². The smallest absolute Gasteiger partial charge is 0.333 e. The van der Waals surface area contributed by atoms with Gasteiger partial charge in [0.1, 0.15) is 6.54 Å². The molecule has 0 bridgehead atoms. The molecule has 3 heterocycles. The lowest BCUT2D eigenvalue weighted by atomic mass is 10.1. The number of hydrogen-bond acceptors (Lipinski definition) is 5. The van der Waals surface area contributed by atoms with Crippen LogP contribution in [-0.4, -0.2) is 36.2 Å². The van der Waals surface area contributed by atoms with Crippen molar-refractivity contribution in [3.8, 4) is 16.9 Å². The number of halogens is 1. The monoisotopic (exact) mass is 477 g/mol. The summed E-state index contributed by atoms with van der Waals surface area (Å²) in [5.41, 5.74) is 2.52. The van der Waals surface area contributed by atoms with Crippen LogP contribution in [-0.2, 0) is 23.1 Å². The lowest BCUT2D eigenvalue weighted by Crippen LogP contribution is -2.41. The minimum Gasteiger partial charge on any atom is -0.468 e. The summed E-state index contributed by atoms with van der Waals surface area (Å²) in [6.45, 7) is 1.46. The molecule has 0 aliphatic rings. The Balaban J connectivity index is 1.94. The molecule has 0 fully saturated rings. The normalized spacial score (nSPS) is 11.4. The minimum absolute atomic E-state index is 0.177. The van der Waals surface area contributed by atoms with E-state index in [4.69, 9.17) is 11.6 Å². The molecule has 9 nitrogen and oxygen atoms in total. The van der Waals surface area contributed by atoms with Gasteiger partial charge in [-0.3, -0.25) is 23.1 Å². The van der Waals surface area contributed by atoms with Crippen molar-refractivity contribution in [3.05, 3.63) is 86.2 Å². The van der Waals surface area contributed by atoms with Gasteiger partial charge >= 0.3 is 11.7 Å². The van der Waals surface area contributed by atoms with Gasteiger partial charge in [0.25, 0.3) is 5.56 Å². The largest absolute Gasteiger partial charge is 0.468 e. The lowest BCUT2D eigenvalue weighted by molar-refractivity contribution is -0.141. The number of aryl methyl sites for hydroxylation is 2. The predicted octanol–water partition coefficient (Wildman–Crippen LogP) is 2.94. The molecule has 34 heavy (non-hydrogen) atoms. The Morgan fingerprint density at radius 3 is 2.56 bits per heavy atom. The number of nitrogens with zero attached hydrogens (tertiary/aromatic N) is 5. The van der Waals surface area contributed by atoms with E-state index >= 15 is 0 Å². The summed E-state index contributed by atoms with van der Waals surface area (Å²) in [5.74, 6) is -0.265. The number of rotatable bonds is 4. The Hall–Kier alpha value is -4.11. The highest BCUT2D eigenvalue weighted by Gasteiger charge is 2.24. The van der Waals surface area contributed by atoms with Gasteiger partial charge in [-0.25, -0.2) is 9.36 Å². The first-order valence-corrected chi connectivity index (χ1v) is 10.8. The Morgan fingerprint density at radius 1 is 1.12 bits per heavy atom. The molecule has 5 rings (SSSR count). The Bertz CT molecular complexity index is 1710. The summed E-state index contributed by atoms with van der Waals surface area (Å²) >= 11 is 6.33. The number of carbonyl (C=O) groups excluding carboxylic acids is 1. The minimum atomic E-state index is -0.698. The molecule has 3 aromatic heterocycles. The van der Waals surface area contributed by atoms with E-state index in [0.29, 0.717) is 10.8 Å². The molecule has 0 saturated carbocycles. The van der Waals surface area contributed by atoms with Crippen molar-refractivity contribution in [2.24, 2.45) is 7.05 Å². The van der Waals surface area contributed by atoms with Crippen molar-refractivity contribution >= 4 is 34.5 Å². The number of ether oxygens (including phenoxy) is 1. The zero-order valence-corrected chi connectivity index (χ0v) is 19.4. The third-order valence-corrected chi connectivity index (χ3v) is 6.08. The second-order valence-corrected chi connectivity index (χ2v) is 8.35. The van der Waals surface area contributed by atoms with Gasteiger partial charge in [0.15, 0.2) is 11.2 Å². The number of imidazole rings is 2. The molecule has 0 aliphatic heterocycles. The molecule has 0 amide bonds. The molecular weight excluding hydrogens is 458 g/mol. The van der Waals surface area contributed by atoms with Crippen LogP contribution in [0.25, 0.3) is 33.9 Å². The number of carbonyl (C=O) groups is 1. The highest BCUT2D eigenvalue weighted by Crippen LogP contribution is 2.31. The number of hydrogen-bond donors (Lipinski definition) is 0. The number of methoxy groups -OCH3 is 1. The number of esters is 1. The van der Waals surface area contributed by atoms with Crippen LogP contribution in [0, 0.1) is 6.92 Å². The quantitative estimate of drug-likeness (QED) is 0.371. The summed E-state index contributed by atoms with van der Waals surface area (Å²) in [7, 11) is 2.71. The van der Waals surface area contributed by atoms with E-state index in [1.54, 1.807) is 16.7 Å². The van der Waals surface area contributed by atoms with Crippen LogP contribution in [0.3, 0.4) is 0 Å². The SMILES string of the molecule is COC(=O)Cn1c(=O)c2c(nc3n(-c4cc(Cl)ccc4C)c(-c4ccccc4)cn23)n(C)c1=O. The van der Waals surface area contributed by atoms with Gasteiger partial charge < -0.3 is 4.74 Å². The fourth-order valence-corrected chi connectivity index (χ4v) is 4.27. The van der Waals surface area contributed by atoms with Crippen LogP contribution < -0.4 is 11.2 Å². The van der Waals surface area contributed by atoms with Crippen molar-refractivity contribution in [3.63, 3.8) is 0 Å². The first kappa shape index (κ1) is 21.7. The van der Waals surface area contributed by atoms with E-state index in [0.717, 1.165) is 27.1 Å². The van der Waals surface area contributed by atoms with E-state index in [-0.39, 0.29) is 11.2 Å². The highest BCUT2D eigenvalue weighted by atomic mass is 35.5. The molecule has 0 N–H and O–H groups in total. The van der Waals surface area contributed by atoms with Gasteiger partial charge in [-0.2, -0.15) is 4.98 Å². The average Bonchev–Trinajstić information content (AvgIpc) is 3.39. The van der Waals surface area contributed by atoms with Crippen molar-refractivity contribution in [2.45, 2.75) is 13.5 Å². The fourth-order valence-electron chi connectivity index (χ4n) is 4.10. The number of fused-ring (bicyclic) bond motifs is 3. The maximum absolute atomic E-state index is 13.4. The summed E-state index contributed by atoms with van der Waals surface area (Å²) in [6, 6.07) is 15.2. The first-order chi connectivity index (χ1) is 16.3. The Labute approximate surface area is 198 Å². The summed E-state index contributed by atoms with van der Waals surface area (Å²) in [6.07, 6.45) is 1.80. The van der Waals surface area contributed by atoms with Crippen molar-refractivity contribution in [1.82, 2.24) is 23.1 Å². The van der Waals surface area contributed by atoms with E-state index in [9.17, 15) is 14.4 Å². The van der Waals surface area contributed by atoms with E-state index in [1.165, 1.54) is 18.7 Å². The van der Waals surface area contributed by atoms with Crippen LogP contribution in [0.1, 0.15) is 5.56 Å². The van der Waals surface area contributed by atoms with Crippen LogP contribution in [0.15, 0.2) is 64.3 Å². The van der Waals surface area contributed by atoms with Gasteiger partial charge in [-0.05, 0) is 24.6 Å². The summed E-state index contributed by atoms with van der Waals surface area (Å²) in [4.78, 5) is 42.8. The maximum atomic E-state index is 13.4. The molecule has 5 aromatic rings. The average molecular weight is 478 g/mol. The second-order valence-electron chi connectivity index (χ2n) is 7.91. The van der Waals surface area contributed by atoms with E-state index in [1.807, 2.05) is 54.0 Å². The molecule has 0 saturated heterocycles. The van der Waals surface area contributed by atoms with Crippen molar-refractivity contribution in [1.29, 1.82) is 0 Å². The molecule has 172 valence electrons. The molecule has 0 radical (unpaired) electrons. The molecular formula is C24H20ClN5O4. The second kappa shape index (κ2) is 8.03. The molecule has 0 unspecified atom stereocenters. The van der Waals surface area contributed by atoms with Gasteiger partial charge in [0.05, 0.1) is 18.5 Å². The van der Waals surface area contributed by atoms with Crippen molar-refractivity contribution < 1.29 is 9.53 Å². The van der Waals surface area contributed by atoms with Gasteiger partial charge in [-0.1, -0.05) is 48.0 Å². The summed E-state index contributed by atoms with van der Waals surface area (Å²) < 4.78 is 10.3. The number of benzene rings is 2. The Kier molecular flexibility index (Phi) is 5.13. The lowest BCUT2D eigenvalue weighted by Gasteiger charge is -2.12. The molecule has 0 aliphatic carbocycles. The van der Waals surface area contributed by atoms with Crippen LogP contribution in [0.2, 0.25) is 5.02 Å². The molecule has 0 spiro atoms. The van der Waals surface area contributed by atoms with Gasteiger partial charge in [0.2, 0.25) is 5.78 Å². The zero-order valence-electron chi connectivity index (χ0n) is 18.7. The van der Waals surface area contributed by atoms with Crippen LogP contribution >= 0.6 is 11.6 Å². The Morgan fingerprint density at radius 2 is 1.85 bits per heavy atom. The van der Waals surface area contributed by atoms with Crippen LogP contribution in [0.4, 0.5) is 0 Å². The maximum Gasteiger partial charge on any atom is 0.333 e. The zero-order chi connectivity index (χ0) is 24.1. The standard InChI is InChI=1S/C24H20ClN5O4/c1-14-9-10-16(25)11-17(14)30-18(15-7-5-4-6-8-15)12-28-20-21(26-23(28)30)27(2)24(33)29(22(20)32)13-19(31)34-3/h4-12H,13H2,1-3H3. The third-order valence-electron chi connectivity index (χ3n) is 5.85.